The van der Waals surface area contributed by atoms with Crippen LogP contribution in [0.3, 0.4) is 0 Å². The molecule has 0 spiro atoms. The number of hydrogen-bond acceptors (Lipinski definition) is 4. The predicted octanol–water partition coefficient (Wildman–Crippen LogP) is 6.00. The zero-order chi connectivity index (χ0) is 29.4. The van der Waals surface area contributed by atoms with Crippen molar-refractivity contribution >= 4 is 66.7 Å². The van der Waals surface area contributed by atoms with E-state index in [4.69, 9.17) is 23.2 Å². The molecule has 0 aliphatic heterocycles. The van der Waals surface area contributed by atoms with Gasteiger partial charge in [-0.1, -0.05) is 82.5 Å². The number of carbonyl (C=O) groups is 2. The molecule has 0 heterocycles. The summed E-state index contributed by atoms with van der Waals surface area (Å²) in [6.07, 6.45) is 2.01. The number of nitrogens with zero attached hydrogens (tertiary/aromatic N) is 2. The molecule has 0 saturated heterocycles. The van der Waals surface area contributed by atoms with E-state index in [0.717, 1.165) is 32.6 Å². The van der Waals surface area contributed by atoms with Gasteiger partial charge in [0.1, 0.15) is 12.6 Å². The zero-order valence-electron chi connectivity index (χ0n) is 22.5. The van der Waals surface area contributed by atoms with Crippen molar-refractivity contribution in [3.63, 3.8) is 0 Å². The Balaban J connectivity index is 2.07. The maximum atomic E-state index is 14.1. The van der Waals surface area contributed by atoms with Gasteiger partial charge in [0.25, 0.3) is 0 Å². The Morgan fingerprint density at radius 3 is 2.27 bits per heavy atom. The molecule has 2 amide bonds. The average molecular weight is 669 g/mol. The normalized spacial score (nSPS) is 12.1. The van der Waals surface area contributed by atoms with Gasteiger partial charge in [0, 0.05) is 24.0 Å². The van der Waals surface area contributed by atoms with Crippen molar-refractivity contribution in [2.45, 2.75) is 39.3 Å². The molecule has 40 heavy (non-hydrogen) atoms. The minimum Gasteiger partial charge on any atom is -0.354 e. The van der Waals surface area contributed by atoms with Crippen molar-refractivity contribution in [2.75, 3.05) is 23.7 Å². The predicted molar refractivity (Wildman–Crippen MR) is 165 cm³/mol. The van der Waals surface area contributed by atoms with Crippen LogP contribution in [0, 0.1) is 6.92 Å². The molecular weight excluding hydrogens is 637 g/mol. The van der Waals surface area contributed by atoms with E-state index in [9.17, 15) is 18.0 Å². The Morgan fingerprint density at radius 2 is 1.68 bits per heavy atom. The molecule has 0 radical (unpaired) electrons. The summed E-state index contributed by atoms with van der Waals surface area (Å²) >= 11 is 15.8. The van der Waals surface area contributed by atoms with Crippen LogP contribution >= 0.6 is 39.1 Å². The Hall–Kier alpha value is -2.59. The number of amides is 2. The lowest BCUT2D eigenvalue weighted by atomic mass is 10.0. The number of nitrogens with one attached hydrogen (secondary N) is 1. The third-order valence-electron chi connectivity index (χ3n) is 6.27. The first kappa shape index (κ1) is 31.9. The molecule has 7 nitrogen and oxygen atoms in total. The van der Waals surface area contributed by atoms with E-state index in [1.54, 1.807) is 36.4 Å². The van der Waals surface area contributed by atoms with Crippen LogP contribution in [0.4, 0.5) is 5.69 Å². The summed E-state index contributed by atoms with van der Waals surface area (Å²) in [5.41, 5.74) is 2.66. The van der Waals surface area contributed by atoms with Crippen LogP contribution in [-0.2, 0) is 32.6 Å². The molecule has 3 rings (SSSR count). The number of aryl methyl sites for hydroxylation is 1. The second kappa shape index (κ2) is 14.3. The lowest BCUT2D eigenvalue weighted by Gasteiger charge is -2.33. The van der Waals surface area contributed by atoms with Crippen LogP contribution < -0.4 is 9.62 Å². The molecule has 0 aromatic heterocycles. The molecule has 214 valence electrons. The van der Waals surface area contributed by atoms with E-state index in [-0.39, 0.29) is 18.9 Å². The van der Waals surface area contributed by atoms with Crippen LogP contribution in [-0.4, -0.2) is 50.5 Å². The fraction of sp³-hybridized carbons (Fsp3) is 0.310. The van der Waals surface area contributed by atoms with Gasteiger partial charge in [-0.15, -0.1) is 0 Å². The summed E-state index contributed by atoms with van der Waals surface area (Å²) in [5, 5.41) is 3.58. The van der Waals surface area contributed by atoms with Gasteiger partial charge >= 0.3 is 0 Å². The minimum absolute atomic E-state index is 0.0176. The van der Waals surface area contributed by atoms with E-state index < -0.39 is 28.5 Å². The molecule has 11 heteroatoms. The van der Waals surface area contributed by atoms with Crippen molar-refractivity contribution in [2.24, 2.45) is 0 Å². The highest BCUT2D eigenvalue weighted by molar-refractivity contribution is 9.10. The molecule has 0 bridgehead atoms. The highest BCUT2D eigenvalue weighted by Crippen LogP contribution is 2.27. The van der Waals surface area contributed by atoms with Crippen molar-refractivity contribution in [1.82, 2.24) is 10.2 Å². The lowest BCUT2D eigenvalue weighted by Crippen LogP contribution is -2.53. The number of anilines is 1. The van der Waals surface area contributed by atoms with E-state index in [2.05, 4.69) is 21.2 Å². The molecular formula is C29H32BrCl2N3O4S. The number of hydrogen-bond donors (Lipinski definition) is 1. The van der Waals surface area contributed by atoms with Crippen molar-refractivity contribution in [3.05, 3.63) is 97.9 Å². The van der Waals surface area contributed by atoms with Gasteiger partial charge in [-0.25, -0.2) is 8.42 Å². The molecule has 0 saturated carbocycles. The number of sulfonamides is 1. The molecule has 1 atom stereocenters. The van der Waals surface area contributed by atoms with E-state index in [1.807, 2.05) is 44.2 Å². The third-order valence-corrected chi connectivity index (χ3v) is 9.04. The monoisotopic (exact) mass is 667 g/mol. The van der Waals surface area contributed by atoms with Crippen LogP contribution in [0.2, 0.25) is 10.0 Å². The summed E-state index contributed by atoms with van der Waals surface area (Å²) in [5.74, 6) is -0.867. The highest BCUT2D eigenvalue weighted by atomic mass is 79.9. The maximum absolute atomic E-state index is 14.1. The van der Waals surface area contributed by atoms with Crippen molar-refractivity contribution in [1.29, 1.82) is 0 Å². The molecule has 3 aromatic rings. The first-order valence-corrected chi connectivity index (χ1v) is 16.1. The fourth-order valence-corrected chi connectivity index (χ4v) is 5.56. The summed E-state index contributed by atoms with van der Waals surface area (Å²) in [4.78, 5) is 29.0. The van der Waals surface area contributed by atoms with Crippen LogP contribution in [0.5, 0.6) is 0 Å². The van der Waals surface area contributed by atoms with Gasteiger partial charge in [0.15, 0.2) is 0 Å². The van der Waals surface area contributed by atoms with Crippen LogP contribution in [0.15, 0.2) is 71.2 Å². The number of halogens is 3. The Bertz CT molecular complexity index is 1450. The third kappa shape index (κ3) is 8.70. The zero-order valence-corrected chi connectivity index (χ0v) is 26.4. The van der Waals surface area contributed by atoms with Gasteiger partial charge < -0.3 is 10.2 Å². The molecule has 0 aliphatic carbocycles. The quantitative estimate of drug-likeness (QED) is 0.257. The van der Waals surface area contributed by atoms with E-state index >= 15 is 0 Å². The second-order valence-corrected chi connectivity index (χ2v) is 13.0. The molecule has 3 aromatic carbocycles. The lowest BCUT2D eigenvalue weighted by molar-refractivity contribution is -0.140. The topological polar surface area (TPSA) is 86.8 Å². The van der Waals surface area contributed by atoms with E-state index in [1.165, 1.54) is 4.90 Å². The van der Waals surface area contributed by atoms with Gasteiger partial charge in [0.2, 0.25) is 21.8 Å². The Labute approximate surface area is 254 Å². The summed E-state index contributed by atoms with van der Waals surface area (Å²) in [6, 6.07) is 18.5. The van der Waals surface area contributed by atoms with Gasteiger partial charge in [-0.2, -0.15) is 0 Å². The Kier molecular flexibility index (Phi) is 11.5. The standard InChI is InChI=1S/C29H32BrCl2N3O4S/c1-4-14-33-29(37)27(17-21-8-6-5-7-9-21)34(18-22-10-13-25(31)26(32)16-22)28(36)19-35(40(3,38)39)23-11-12-24(30)20(2)15-23/h5-13,15-16,27H,4,14,17-19H2,1-3H3,(H,33,37). The second-order valence-electron chi connectivity index (χ2n) is 9.47. The largest absolute Gasteiger partial charge is 0.354 e. The molecule has 1 unspecified atom stereocenters. The number of benzene rings is 3. The minimum atomic E-state index is -3.85. The molecule has 1 N–H and O–H groups in total. The SMILES string of the molecule is CCCNC(=O)C(Cc1ccccc1)N(Cc1ccc(Cl)c(Cl)c1)C(=O)CN(c1ccc(Br)c(C)c1)S(C)(=O)=O. The first-order chi connectivity index (χ1) is 18.9. The first-order valence-electron chi connectivity index (χ1n) is 12.7. The maximum Gasteiger partial charge on any atom is 0.244 e. The van der Waals surface area contributed by atoms with Crippen LogP contribution in [0.25, 0.3) is 0 Å². The van der Waals surface area contributed by atoms with Gasteiger partial charge in [0.05, 0.1) is 22.0 Å². The number of rotatable bonds is 12. The Morgan fingerprint density at radius 1 is 0.975 bits per heavy atom. The van der Waals surface area contributed by atoms with Crippen molar-refractivity contribution < 1.29 is 18.0 Å². The molecule has 0 fully saturated rings. The molecule has 0 aliphatic rings. The van der Waals surface area contributed by atoms with E-state index in [0.29, 0.717) is 27.8 Å². The average Bonchev–Trinajstić information content (AvgIpc) is 2.91. The highest BCUT2D eigenvalue weighted by Gasteiger charge is 2.33. The van der Waals surface area contributed by atoms with Gasteiger partial charge in [-0.3, -0.25) is 13.9 Å². The van der Waals surface area contributed by atoms with Crippen molar-refractivity contribution in [3.8, 4) is 0 Å². The van der Waals surface area contributed by atoms with Gasteiger partial charge in [-0.05, 0) is 60.4 Å². The van der Waals surface area contributed by atoms with Crippen LogP contribution in [0.1, 0.15) is 30.0 Å². The summed E-state index contributed by atoms with van der Waals surface area (Å²) in [7, 11) is -3.85. The number of carbonyl (C=O) groups excluding carboxylic acids is 2. The summed E-state index contributed by atoms with van der Waals surface area (Å²) in [6.45, 7) is 3.74. The summed E-state index contributed by atoms with van der Waals surface area (Å²) < 4.78 is 27.7. The smallest absolute Gasteiger partial charge is 0.244 e. The fourth-order valence-electron chi connectivity index (χ4n) is 4.15.